The zero-order valence-corrected chi connectivity index (χ0v) is 6.03. The van der Waals surface area contributed by atoms with Gasteiger partial charge in [-0.15, -0.1) is 0 Å². The number of unbranched alkanes of at least 4 members (excludes halogenated alkanes) is 1. The molecule has 0 aromatic rings. The normalized spacial score (nSPS) is 21.0. The van der Waals surface area contributed by atoms with Crippen LogP contribution < -0.4 is 0 Å². The number of hydrogen-bond acceptors (Lipinski definition) is 0. The van der Waals surface area contributed by atoms with Crippen molar-refractivity contribution >= 4 is 0 Å². The minimum absolute atomic E-state index is 0.635. The first-order valence-electron chi connectivity index (χ1n) is 4.08. The minimum atomic E-state index is 0.635. The van der Waals surface area contributed by atoms with Crippen LogP contribution in [-0.4, -0.2) is 0 Å². The van der Waals surface area contributed by atoms with E-state index in [4.69, 9.17) is 6.92 Å². The third kappa shape index (κ3) is 2.38. The van der Waals surface area contributed by atoms with Gasteiger partial charge in [0.15, 0.2) is 0 Å². The molecule has 0 N–H and O–H groups in total. The van der Waals surface area contributed by atoms with Crippen molar-refractivity contribution in [2.45, 2.75) is 44.9 Å². The maximum Gasteiger partial charge on any atom is -0.00936 e. The zero-order valence-electron chi connectivity index (χ0n) is 6.03. The van der Waals surface area contributed by atoms with Crippen LogP contribution in [0.15, 0.2) is 0 Å². The van der Waals surface area contributed by atoms with E-state index in [2.05, 4.69) is 0 Å². The fraction of sp³-hybridized carbons (Fsp3) is 0.889. The van der Waals surface area contributed by atoms with Gasteiger partial charge in [-0.1, -0.05) is 38.5 Å². The second kappa shape index (κ2) is 3.92. The van der Waals surface area contributed by atoms with Crippen molar-refractivity contribution in [1.29, 1.82) is 0 Å². The standard InChI is InChI=1S/C9H15/c1-2-3-6-9-7-4-5-8-9/h9H,2-8H2. The van der Waals surface area contributed by atoms with E-state index in [9.17, 15) is 0 Å². The molecule has 0 heteroatoms. The predicted octanol–water partition coefficient (Wildman–Crippen LogP) is 2.93. The fourth-order valence-electron chi connectivity index (χ4n) is 1.69. The van der Waals surface area contributed by atoms with Crippen LogP contribution in [0.25, 0.3) is 0 Å². The molecule has 1 aliphatic rings. The molecule has 0 atom stereocenters. The average Bonchev–Trinajstić information content (AvgIpc) is 2.34. The monoisotopic (exact) mass is 123 g/mol. The molecule has 0 nitrogen and oxygen atoms in total. The van der Waals surface area contributed by atoms with Gasteiger partial charge in [-0.2, -0.15) is 0 Å². The van der Waals surface area contributed by atoms with Crippen molar-refractivity contribution in [2.75, 3.05) is 0 Å². The Hall–Kier alpha value is 0. The molecule has 0 amide bonds. The highest BCUT2D eigenvalue weighted by Crippen LogP contribution is 2.28. The SMILES string of the molecule is [C]CCCC1CCCC1. The first-order chi connectivity index (χ1) is 4.43. The molecule has 1 fully saturated rings. The van der Waals surface area contributed by atoms with Gasteiger partial charge in [0, 0.05) is 0 Å². The van der Waals surface area contributed by atoms with Gasteiger partial charge in [0.05, 0.1) is 0 Å². The van der Waals surface area contributed by atoms with Gasteiger partial charge in [-0.05, 0) is 19.3 Å². The van der Waals surface area contributed by atoms with E-state index in [0.717, 1.165) is 12.3 Å². The largest absolute Gasteiger partial charge is 0.0530 e. The van der Waals surface area contributed by atoms with Crippen LogP contribution in [0.5, 0.6) is 0 Å². The lowest BCUT2D eigenvalue weighted by Crippen LogP contribution is -1.91. The van der Waals surface area contributed by atoms with Crippen LogP contribution in [0.4, 0.5) is 0 Å². The van der Waals surface area contributed by atoms with E-state index in [1.807, 2.05) is 0 Å². The van der Waals surface area contributed by atoms with Crippen LogP contribution in [-0.2, 0) is 0 Å². The summed E-state index contributed by atoms with van der Waals surface area (Å²) in [5.74, 6) is 0.996. The smallest absolute Gasteiger partial charge is 0.00936 e. The van der Waals surface area contributed by atoms with Crippen molar-refractivity contribution in [1.82, 2.24) is 0 Å². The van der Waals surface area contributed by atoms with Crippen molar-refractivity contribution < 1.29 is 0 Å². The summed E-state index contributed by atoms with van der Waals surface area (Å²) in [5, 5.41) is 0. The van der Waals surface area contributed by atoms with E-state index in [1.165, 1.54) is 32.1 Å². The van der Waals surface area contributed by atoms with Crippen LogP contribution in [0, 0.1) is 12.8 Å². The average molecular weight is 123 g/mol. The van der Waals surface area contributed by atoms with Crippen LogP contribution in [0.1, 0.15) is 44.9 Å². The van der Waals surface area contributed by atoms with E-state index in [1.54, 1.807) is 0 Å². The van der Waals surface area contributed by atoms with Crippen molar-refractivity contribution in [3.8, 4) is 0 Å². The second-order valence-electron chi connectivity index (χ2n) is 3.04. The summed E-state index contributed by atoms with van der Waals surface area (Å²) in [5.41, 5.74) is 0. The summed E-state index contributed by atoms with van der Waals surface area (Å²) in [7, 11) is 0. The fourth-order valence-corrected chi connectivity index (χ4v) is 1.69. The Labute approximate surface area is 58.7 Å². The lowest BCUT2D eigenvalue weighted by molar-refractivity contribution is 0.486. The van der Waals surface area contributed by atoms with Crippen LogP contribution >= 0.6 is 0 Å². The molecule has 0 bridgehead atoms. The van der Waals surface area contributed by atoms with Gasteiger partial charge in [0.25, 0.3) is 0 Å². The molecule has 0 heterocycles. The lowest BCUT2D eigenvalue weighted by Gasteiger charge is -2.05. The summed E-state index contributed by atoms with van der Waals surface area (Å²) >= 11 is 0. The highest BCUT2D eigenvalue weighted by Gasteiger charge is 2.13. The molecule has 1 aliphatic carbocycles. The van der Waals surface area contributed by atoms with E-state index < -0.39 is 0 Å². The summed E-state index contributed by atoms with van der Waals surface area (Å²) in [4.78, 5) is 0. The lowest BCUT2D eigenvalue weighted by atomic mass is 10.0. The molecule has 3 radical (unpaired) electrons. The molecule has 0 spiro atoms. The first-order valence-corrected chi connectivity index (χ1v) is 4.08. The molecule has 0 aromatic heterocycles. The predicted molar refractivity (Wildman–Crippen MR) is 39.1 cm³/mol. The van der Waals surface area contributed by atoms with Crippen molar-refractivity contribution in [3.05, 3.63) is 6.92 Å². The number of hydrogen-bond donors (Lipinski definition) is 0. The van der Waals surface area contributed by atoms with Crippen LogP contribution in [0.3, 0.4) is 0 Å². The third-order valence-corrected chi connectivity index (χ3v) is 2.26. The molecule has 0 aliphatic heterocycles. The van der Waals surface area contributed by atoms with Gasteiger partial charge in [0.2, 0.25) is 0 Å². The summed E-state index contributed by atoms with van der Waals surface area (Å²) < 4.78 is 0. The molecule has 0 saturated heterocycles. The molecular formula is C9H15. The summed E-state index contributed by atoms with van der Waals surface area (Å²) in [6.07, 6.45) is 8.87. The second-order valence-corrected chi connectivity index (χ2v) is 3.04. The van der Waals surface area contributed by atoms with Crippen molar-refractivity contribution in [3.63, 3.8) is 0 Å². The quantitative estimate of drug-likeness (QED) is 0.541. The maximum absolute atomic E-state index is 6.97. The van der Waals surface area contributed by atoms with E-state index >= 15 is 0 Å². The Morgan fingerprint density at radius 1 is 1.22 bits per heavy atom. The summed E-state index contributed by atoms with van der Waals surface area (Å²) in [6, 6.07) is 0. The Balaban J connectivity index is 1.98. The Morgan fingerprint density at radius 3 is 2.44 bits per heavy atom. The van der Waals surface area contributed by atoms with E-state index in [0.29, 0.717) is 6.42 Å². The Morgan fingerprint density at radius 2 is 1.89 bits per heavy atom. The Kier molecular flexibility index (Phi) is 3.10. The molecule has 0 aromatic carbocycles. The van der Waals surface area contributed by atoms with Gasteiger partial charge in [-0.3, -0.25) is 0 Å². The highest BCUT2D eigenvalue weighted by atomic mass is 14.2. The molecule has 9 heavy (non-hydrogen) atoms. The van der Waals surface area contributed by atoms with Crippen LogP contribution in [0.2, 0.25) is 0 Å². The Bertz CT molecular complexity index is 60.4. The molecule has 1 rings (SSSR count). The van der Waals surface area contributed by atoms with E-state index in [-0.39, 0.29) is 0 Å². The minimum Gasteiger partial charge on any atom is -0.0530 e. The first kappa shape index (κ1) is 7.11. The van der Waals surface area contributed by atoms with Gasteiger partial charge in [-0.25, -0.2) is 0 Å². The van der Waals surface area contributed by atoms with Gasteiger partial charge >= 0.3 is 0 Å². The van der Waals surface area contributed by atoms with Crippen molar-refractivity contribution in [2.24, 2.45) is 5.92 Å². The van der Waals surface area contributed by atoms with Gasteiger partial charge < -0.3 is 0 Å². The maximum atomic E-state index is 6.97. The molecule has 51 valence electrons. The topological polar surface area (TPSA) is 0 Å². The highest BCUT2D eigenvalue weighted by molar-refractivity contribution is 4.66. The van der Waals surface area contributed by atoms with Gasteiger partial charge in [0.1, 0.15) is 0 Å². The summed E-state index contributed by atoms with van der Waals surface area (Å²) in [6.45, 7) is 6.97. The third-order valence-electron chi connectivity index (χ3n) is 2.26. The molecule has 0 unspecified atom stereocenters. The molecular weight excluding hydrogens is 108 g/mol. The number of rotatable bonds is 3. The zero-order chi connectivity index (χ0) is 6.53. The molecule has 1 saturated carbocycles.